The zero-order chi connectivity index (χ0) is 22.4. The number of nitrogens with one attached hydrogen (secondary N) is 1. The molecule has 164 valence electrons. The molecule has 0 saturated carbocycles. The van der Waals surface area contributed by atoms with Gasteiger partial charge in [0.15, 0.2) is 0 Å². The number of carbonyl (C=O) groups excluding carboxylic acids is 2. The molecule has 0 fully saturated rings. The number of ether oxygens (including phenoxy) is 1. The van der Waals surface area contributed by atoms with E-state index in [4.69, 9.17) is 4.74 Å². The van der Waals surface area contributed by atoms with Crippen LogP contribution in [-0.2, 0) is 22.5 Å². The van der Waals surface area contributed by atoms with Gasteiger partial charge in [0, 0.05) is 22.7 Å². The molecule has 0 atom stereocenters. The van der Waals surface area contributed by atoms with Crippen LogP contribution in [0.25, 0.3) is 0 Å². The third kappa shape index (κ3) is 6.49. The van der Waals surface area contributed by atoms with E-state index in [-0.39, 0.29) is 12.0 Å². The lowest BCUT2D eigenvalue weighted by Crippen LogP contribution is -2.39. The monoisotopic (exact) mass is 457 g/mol. The number of nitrogens with zero attached hydrogens (tertiary/aromatic N) is 2. The first-order valence-electron chi connectivity index (χ1n) is 10.3. The van der Waals surface area contributed by atoms with Crippen molar-refractivity contribution in [3.8, 4) is 6.07 Å². The Morgan fingerprint density at radius 2 is 2.03 bits per heavy atom. The smallest absolute Gasteiger partial charge is 0.410 e. The third-order valence-corrected chi connectivity index (χ3v) is 6.86. The minimum Gasteiger partial charge on any atom is -0.444 e. The number of hydrogen-bond donors (Lipinski definition) is 1. The van der Waals surface area contributed by atoms with Crippen molar-refractivity contribution >= 4 is 40.1 Å². The first-order chi connectivity index (χ1) is 14.8. The molecule has 0 aliphatic carbocycles. The highest BCUT2D eigenvalue weighted by molar-refractivity contribution is 7.99. The van der Waals surface area contributed by atoms with Gasteiger partial charge in [0.1, 0.15) is 16.7 Å². The number of rotatable bonds is 6. The van der Waals surface area contributed by atoms with Gasteiger partial charge in [-0.05, 0) is 57.1 Å². The predicted molar refractivity (Wildman–Crippen MR) is 124 cm³/mol. The van der Waals surface area contributed by atoms with Gasteiger partial charge in [-0.25, -0.2) is 4.79 Å². The molecule has 6 nitrogen and oxygen atoms in total. The van der Waals surface area contributed by atoms with E-state index >= 15 is 0 Å². The normalized spacial score (nSPS) is 13.3. The van der Waals surface area contributed by atoms with Crippen LogP contribution in [0.5, 0.6) is 0 Å². The van der Waals surface area contributed by atoms with Crippen molar-refractivity contribution in [3.63, 3.8) is 0 Å². The quantitative estimate of drug-likeness (QED) is 0.462. The summed E-state index contributed by atoms with van der Waals surface area (Å²) in [5, 5.41) is 13.1. The Hall–Kier alpha value is -2.50. The molecular weight excluding hydrogens is 430 g/mol. The molecule has 1 N–H and O–H groups in total. The molecule has 2 amide bonds. The number of fused-ring (bicyclic) bond motifs is 1. The van der Waals surface area contributed by atoms with Crippen molar-refractivity contribution in [2.75, 3.05) is 17.6 Å². The van der Waals surface area contributed by atoms with Crippen molar-refractivity contribution < 1.29 is 14.3 Å². The van der Waals surface area contributed by atoms with E-state index in [1.807, 2.05) is 39.0 Å². The van der Waals surface area contributed by atoms with Crippen LogP contribution in [0.4, 0.5) is 9.80 Å². The van der Waals surface area contributed by atoms with Crippen LogP contribution in [0.2, 0.25) is 0 Å². The molecule has 8 heteroatoms. The van der Waals surface area contributed by atoms with Crippen LogP contribution >= 0.6 is 23.1 Å². The van der Waals surface area contributed by atoms with E-state index in [0.29, 0.717) is 36.5 Å². The Labute approximate surface area is 191 Å². The highest BCUT2D eigenvalue weighted by Crippen LogP contribution is 2.37. The zero-order valence-corrected chi connectivity index (χ0v) is 19.7. The number of nitriles is 1. The fraction of sp³-hybridized carbons (Fsp3) is 0.435. The second kappa shape index (κ2) is 10.2. The molecule has 31 heavy (non-hydrogen) atoms. The number of thiophene rings is 1. The summed E-state index contributed by atoms with van der Waals surface area (Å²) in [6.45, 7) is 6.41. The molecular formula is C23H27N3O3S2. The van der Waals surface area contributed by atoms with Crippen molar-refractivity contribution in [2.45, 2.75) is 57.1 Å². The van der Waals surface area contributed by atoms with Gasteiger partial charge < -0.3 is 15.0 Å². The third-order valence-electron chi connectivity index (χ3n) is 4.63. The summed E-state index contributed by atoms with van der Waals surface area (Å²) >= 11 is 3.11. The minimum atomic E-state index is -0.553. The molecule has 3 rings (SSSR count). The average Bonchev–Trinajstić information content (AvgIpc) is 3.06. The first kappa shape index (κ1) is 23.2. The Kier molecular flexibility index (Phi) is 7.63. The maximum absolute atomic E-state index is 12.4. The maximum atomic E-state index is 12.4. The molecule has 1 aliphatic heterocycles. The lowest BCUT2D eigenvalue weighted by atomic mass is 10.0. The van der Waals surface area contributed by atoms with E-state index in [0.717, 1.165) is 22.6 Å². The SMILES string of the molecule is CC(C)(C)OC(=O)N1CCc2c(sc(NC(=O)CCCSc3ccccc3)c2C#N)C1. The van der Waals surface area contributed by atoms with Crippen molar-refractivity contribution in [2.24, 2.45) is 0 Å². The molecule has 1 aromatic heterocycles. The number of carbonyl (C=O) groups is 2. The van der Waals surface area contributed by atoms with Crippen LogP contribution in [0.1, 0.15) is 49.6 Å². The number of hydrogen-bond acceptors (Lipinski definition) is 6. The van der Waals surface area contributed by atoms with Crippen molar-refractivity contribution in [1.29, 1.82) is 5.26 Å². The van der Waals surface area contributed by atoms with Crippen LogP contribution in [0, 0.1) is 11.3 Å². The lowest BCUT2D eigenvalue weighted by Gasteiger charge is -2.29. The fourth-order valence-corrected chi connectivity index (χ4v) is 5.32. The Morgan fingerprint density at radius 1 is 1.29 bits per heavy atom. The maximum Gasteiger partial charge on any atom is 0.410 e. The summed E-state index contributed by atoms with van der Waals surface area (Å²) in [7, 11) is 0. The second-order valence-electron chi connectivity index (χ2n) is 8.28. The van der Waals surface area contributed by atoms with Gasteiger partial charge in [0.05, 0.1) is 12.1 Å². The van der Waals surface area contributed by atoms with Gasteiger partial charge in [-0.15, -0.1) is 23.1 Å². The molecule has 2 heterocycles. The van der Waals surface area contributed by atoms with E-state index in [1.54, 1.807) is 16.7 Å². The second-order valence-corrected chi connectivity index (χ2v) is 10.6. The van der Waals surface area contributed by atoms with Crippen LogP contribution in [0.3, 0.4) is 0 Å². The van der Waals surface area contributed by atoms with Crippen LogP contribution in [-0.4, -0.2) is 34.8 Å². The fourth-order valence-electron chi connectivity index (χ4n) is 3.22. The van der Waals surface area contributed by atoms with E-state index in [9.17, 15) is 14.9 Å². The number of benzene rings is 1. The Balaban J connectivity index is 1.56. The van der Waals surface area contributed by atoms with Crippen molar-refractivity contribution in [3.05, 3.63) is 46.3 Å². The number of amides is 2. The highest BCUT2D eigenvalue weighted by Gasteiger charge is 2.30. The number of anilines is 1. The molecule has 0 unspecified atom stereocenters. The summed E-state index contributed by atoms with van der Waals surface area (Å²) in [5.41, 5.74) is 0.904. The summed E-state index contributed by atoms with van der Waals surface area (Å²) in [4.78, 5) is 28.6. The molecule has 1 aliphatic rings. The summed E-state index contributed by atoms with van der Waals surface area (Å²) in [6, 6.07) is 12.3. The topological polar surface area (TPSA) is 82.4 Å². The molecule has 1 aromatic carbocycles. The first-order valence-corrected chi connectivity index (χ1v) is 12.1. The van der Waals surface area contributed by atoms with Gasteiger partial charge in [-0.1, -0.05) is 18.2 Å². The van der Waals surface area contributed by atoms with Gasteiger partial charge in [0.25, 0.3) is 0 Å². The number of thioether (sulfide) groups is 1. The minimum absolute atomic E-state index is 0.0900. The summed E-state index contributed by atoms with van der Waals surface area (Å²) in [5.74, 6) is 0.765. The zero-order valence-electron chi connectivity index (χ0n) is 18.1. The van der Waals surface area contributed by atoms with E-state index < -0.39 is 5.60 Å². The summed E-state index contributed by atoms with van der Waals surface area (Å²) < 4.78 is 5.46. The molecule has 0 radical (unpaired) electrons. The molecule has 2 aromatic rings. The van der Waals surface area contributed by atoms with Crippen molar-refractivity contribution in [1.82, 2.24) is 4.90 Å². The van der Waals surface area contributed by atoms with Gasteiger partial charge in [0.2, 0.25) is 5.91 Å². The van der Waals surface area contributed by atoms with Gasteiger partial charge >= 0.3 is 6.09 Å². The molecule has 0 saturated heterocycles. The largest absolute Gasteiger partial charge is 0.444 e. The van der Waals surface area contributed by atoms with Crippen LogP contribution in [0.15, 0.2) is 35.2 Å². The van der Waals surface area contributed by atoms with E-state index in [2.05, 4.69) is 23.5 Å². The standard InChI is InChI=1S/C23H27N3O3S2/c1-23(2,3)29-22(28)26-12-11-17-18(14-24)21(31-19(17)15-26)25-20(27)10-7-13-30-16-8-5-4-6-9-16/h4-6,8-9H,7,10-13,15H2,1-3H3,(H,25,27). The van der Waals surface area contributed by atoms with Gasteiger partial charge in [-0.2, -0.15) is 5.26 Å². The van der Waals surface area contributed by atoms with Crippen LogP contribution < -0.4 is 5.32 Å². The highest BCUT2D eigenvalue weighted by atomic mass is 32.2. The summed E-state index contributed by atoms with van der Waals surface area (Å²) in [6.07, 6.45) is 1.38. The Morgan fingerprint density at radius 3 is 2.71 bits per heavy atom. The lowest BCUT2D eigenvalue weighted by molar-refractivity contribution is -0.116. The predicted octanol–water partition coefficient (Wildman–Crippen LogP) is 5.42. The van der Waals surface area contributed by atoms with Gasteiger partial charge in [-0.3, -0.25) is 4.79 Å². The average molecular weight is 458 g/mol. The molecule has 0 bridgehead atoms. The van der Waals surface area contributed by atoms with E-state index in [1.165, 1.54) is 16.2 Å². The Bertz CT molecular complexity index is 974. The molecule has 0 spiro atoms.